The Balaban J connectivity index is 4.16. The monoisotopic (exact) mass is 952 g/mol. The highest BCUT2D eigenvalue weighted by Gasteiger charge is 2.26. The van der Waals surface area contributed by atoms with Gasteiger partial charge in [-0.25, -0.2) is 4.57 Å². The van der Waals surface area contributed by atoms with Gasteiger partial charge in [0.05, 0.1) is 13.2 Å². The smallest absolute Gasteiger partial charge is 0.462 e. The number of phosphoric ester groups is 1. The SMILES string of the molecule is CC/C=C\C/C=C\C/C=C\C/C=C\C/C=C\C/C=C\C/C=C\C/C=C\CCCCCCC(=O)OC(COC(=O)CCCCCCCCC/C=C\C/C=C\CCCCC)COP(=O)(O)OCCN. The fourth-order valence-corrected chi connectivity index (χ4v) is 7.27. The van der Waals surface area contributed by atoms with Gasteiger partial charge < -0.3 is 20.1 Å². The van der Waals surface area contributed by atoms with Gasteiger partial charge >= 0.3 is 19.8 Å². The van der Waals surface area contributed by atoms with E-state index in [1.807, 2.05) is 0 Å². The number of unbranched alkanes of at least 4 members (excludes halogenated alkanes) is 14. The summed E-state index contributed by atoms with van der Waals surface area (Å²) in [6.45, 7) is 3.54. The normalized spacial score (nSPS) is 14.1. The molecule has 9 nitrogen and oxygen atoms in total. The van der Waals surface area contributed by atoms with E-state index in [9.17, 15) is 19.0 Å². The molecule has 0 fully saturated rings. The van der Waals surface area contributed by atoms with Crippen molar-refractivity contribution in [3.05, 3.63) is 122 Å². The van der Waals surface area contributed by atoms with Crippen LogP contribution in [-0.2, 0) is 32.7 Å². The number of phosphoric acid groups is 1. The van der Waals surface area contributed by atoms with Crippen molar-refractivity contribution in [3.63, 3.8) is 0 Å². The first-order valence-electron chi connectivity index (χ1n) is 26.0. The molecule has 0 amide bonds. The number of hydrogen-bond acceptors (Lipinski definition) is 8. The number of carbonyl (C=O) groups is 2. The molecular formula is C57H94NO8P. The third-order valence-electron chi connectivity index (χ3n) is 10.3. The molecule has 0 spiro atoms. The Hall–Kier alpha value is -3.59. The lowest BCUT2D eigenvalue weighted by atomic mass is 10.1. The van der Waals surface area contributed by atoms with Gasteiger partial charge in [0.25, 0.3) is 0 Å². The lowest BCUT2D eigenvalue weighted by molar-refractivity contribution is -0.161. The van der Waals surface area contributed by atoms with E-state index in [0.717, 1.165) is 109 Å². The summed E-state index contributed by atoms with van der Waals surface area (Å²) in [6, 6.07) is 0. The van der Waals surface area contributed by atoms with Crippen LogP contribution in [0.2, 0.25) is 0 Å². The molecule has 0 bridgehead atoms. The van der Waals surface area contributed by atoms with Crippen LogP contribution < -0.4 is 5.73 Å². The minimum absolute atomic E-state index is 0.0407. The zero-order valence-corrected chi connectivity index (χ0v) is 43.0. The quantitative estimate of drug-likeness (QED) is 0.0265. The number of allylic oxidation sites excluding steroid dienone is 20. The van der Waals surface area contributed by atoms with Crippen LogP contribution in [0.25, 0.3) is 0 Å². The van der Waals surface area contributed by atoms with Crippen molar-refractivity contribution < 1.29 is 37.6 Å². The Kier molecular flexibility index (Phi) is 49.0. The molecule has 0 rings (SSSR count). The molecule has 0 aliphatic carbocycles. The second-order valence-electron chi connectivity index (χ2n) is 16.7. The van der Waals surface area contributed by atoms with Crippen LogP contribution in [0.4, 0.5) is 0 Å². The molecule has 0 aliphatic heterocycles. The molecule has 2 atom stereocenters. The van der Waals surface area contributed by atoms with Crippen LogP contribution in [0.5, 0.6) is 0 Å². The maximum Gasteiger partial charge on any atom is 0.472 e. The molecule has 0 radical (unpaired) electrons. The van der Waals surface area contributed by atoms with E-state index in [0.29, 0.717) is 12.8 Å². The summed E-state index contributed by atoms with van der Waals surface area (Å²) in [5.41, 5.74) is 5.36. The lowest BCUT2D eigenvalue weighted by Crippen LogP contribution is -2.29. The molecule has 10 heteroatoms. The largest absolute Gasteiger partial charge is 0.472 e. The fraction of sp³-hybridized carbons (Fsp3) is 0.614. The van der Waals surface area contributed by atoms with Gasteiger partial charge in [0.2, 0.25) is 0 Å². The third kappa shape index (κ3) is 51.6. The summed E-state index contributed by atoms with van der Waals surface area (Å²) in [7, 11) is -4.40. The van der Waals surface area contributed by atoms with Gasteiger partial charge in [-0.05, 0) is 109 Å². The molecular weight excluding hydrogens is 858 g/mol. The average molecular weight is 952 g/mol. The van der Waals surface area contributed by atoms with Crippen LogP contribution in [0.15, 0.2) is 122 Å². The maximum atomic E-state index is 12.7. The maximum absolute atomic E-state index is 12.7. The van der Waals surface area contributed by atoms with Crippen molar-refractivity contribution in [3.8, 4) is 0 Å². The Morgan fingerprint density at radius 3 is 1.22 bits per heavy atom. The molecule has 67 heavy (non-hydrogen) atoms. The van der Waals surface area contributed by atoms with E-state index < -0.39 is 32.5 Å². The fourth-order valence-electron chi connectivity index (χ4n) is 6.50. The second kappa shape index (κ2) is 51.8. The molecule has 0 heterocycles. The summed E-state index contributed by atoms with van der Waals surface area (Å²) >= 11 is 0. The lowest BCUT2D eigenvalue weighted by Gasteiger charge is -2.19. The van der Waals surface area contributed by atoms with Gasteiger partial charge in [0.1, 0.15) is 6.61 Å². The molecule has 0 aromatic carbocycles. The minimum Gasteiger partial charge on any atom is -0.462 e. The predicted octanol–water partition coefficient (Wildman–Crippen LogP) is 16.1. The number of rotatable bonds is 47. The van der Waals surface area contributed by atoms with E-state index >= 15 is 0 Å². The molecule has 3 N–H and O–H groups in total. The van der Waals surface area contributed by atoms with E-state index in [-0.39, 0.29) is 32.6 Å². The number of esters is 2. The van der Waals surface area contributed by atoms with E-state index in [4.69, 9.17) is 24.3 Å². The molecule has 0 saturated heterocycles. The van der Waals surface area contributed by atoms with Gasteiger partial charge in [-0.3, -0.25) is 18.6 Å². The second-order valence-corrected chi connectivity index (χ2v) is 18.1. The van der Waals surface area contributed by atoms with Crippen LogP contribution in [-0.4, -0.2) is 49.3 Å². The van der Waals surface area contributed by atoms with Crippen molar-refractivity contribution in [2.45, 2.75) is 200 Å². The Labute approximate surface area is 409 Å². The van der Waals surface area contributed by atoms with Crippen molar-refractivity contribution in [1.82, 2.24) is 0 Å². The van der Waals surface area contributed by atoms with E-state index in [2.05, 4.69) is 135 Å². The summed E-state index contributed by atoms with van der Waals surface area (Å²) in [6.07, 6.45) is 70.9. The number of ether oxygens (including phenoxy) is 2. The van der Waals surface area contributed by atoms with Crippen LogP contribution >= 0.6 is 7.82 Å². The molecule has 2 unspecified atom stereocenters. The third-order valence-corrected chi connectivity index (χ3v) is 11.3. The van der Waals surface area contributed by atoms with Crippen LogP contribution in [0.1, 0.15) is 194 Å². The highest BCUT2D eigenvalue weighted by atomic mass is 31.2. The van der Waals surface area contributed by atoms with Crippen molar-refractivity contribution in [2.75, 3.05) is 26.4 Å². The van der Waals surface area contributed by atoms with Crippen molar-refractivity contribution >= 4 is 19.8 Å². The molecule has 0 aromatic rings. The summed E-state index contributed by atoms with van der Waals surface area (Å²) in [4.78, 5) is 35.1. The number of nitrogens with two attached hydrogens (primary N) is 1. The van der Waals surface area contributed by atoms with E-state index in [1.165, 1.54) is 44.9 Å². The topological polar surface area (TPSA) is 134 Å². The van der Waals surface area contributed by atoms with Gasteiger partial charge in [-0.2, -0.15) is 0 Å². The summed E-state index contributed by atoms with van der Waals surface area (Å²) < 4.78 is 32.9. The number of carbonyl (C=O) groups excluding carboxylic acids is 2. The zero-order chi connectivity index (χ0) is 48.8. The Morgan fingerprint density at radius 1 is 0.463 bits per heavy atom. The first-order valence-corrected chi connectivity index (χ1v) is 27.5. The van der Waals surface area contributed by atoms with Crippen LogP contribution in [0, 0.1) is 0 Å². The van der Waals surface area contributed by atoms with Crippen LogP contribution in [0.3, 0.4) is 0 Å². The van der Waals surface area contributed by atoms with E-state index in [1.54, 1.807) is 0 Å². The zero-order valence-electron chi connectivity index (χ0n) is 42.1. The molecule has 0 aliphatic rings. The van der Waals surface area contributed by atoms with Crippen molar-refractivity contribution in [2.24, 2.45) is 5.73 Å². The molecule has 380 valence electrons. The first-order chi connectivity index (χ1) is 32.8. The summed E-state index contributed by atoms with van der Waals surface area (Å²) in [5.74, 6) is -0.876. The standard InChI is InChI=1S/C57H94NO8P/c1-3-5-7-9-11-13-15-17-19-21-22-23-24-25-26-27-28-29-30-31-32-34-36-38-40-42-44-46-48-50-57(60)66-55(54-65-67(61,62)64-52-51-58)53-63-56(59)49-47-45-43-41-39-37-35-33-20-18-16-14-12-10-8-6-4-2/h5,7,11-14,17-20,22-23,25-26,28-29,31-32,36,38,55H,3-4,6,8-10,15-16,21,24,27,30,33-35,37,39-54,58H2,1-2H3,(H,61,62)/b7-5-,13-11-,14-12-,19-17-,20-18-,23-22-,26-25-,29-28-,32-31-,38-36-. The highest BCUT2D eigenvalue weighted by molar-refractivity contribution is 7.47. The predicted molar refractivity (Wildman–Crippen MR) is 284 cm³/mol. The van der Waals surface area contributed by atoms with Gasteiger partial charge in [0, 0.05) is 19.4 Å². The van der Waals surface area contributed by atoms with Gasteiger partial charge in [0.15, 0.2) is 6.10 Å². The Morgan fingerprint density at radius 2 is 0.821 bits per heavy atom. The van der Waals surface area contributed by atoms with Gasteiger partial charge in [-0.1, -0.05) is 193 Å². The molecule has 0 aromatic heterocycles. The average Bonchev–Trinajstić information content (AvgIpc) is 3.32. The molecule has 0 saturated carbocycles. The number of hydrogen-bond donors (Lipinski definition) is 2. The van der Waals surface area contributed by atoms with Crippen molar-refractivity contribution in [1.29, 1.82) is 0 Å². The summed E-state index contributed by atoms with van der Waals surface area (Å²) in [5, 5.41) is 0. The minimum atomic E-state index is -4.40. The highest BCUT2D eigenvalue weighted by Crippen LogP contribution is 2.43. The first kappa shape index (κ1) is 63.4. The van der Waals surface area contributed by atoms with Gasteiger partial charge in [-0.15, -0.1) is 0 Å². The Bertz CT molecular complexity index is 1500.